The highest BCUT2D eigenvalue weighted by molar-refractivity contribution is 6.13. The van der Waals surface area contributed by atoms with Crippen molar-refractivity contribution in [2.45, 2.75) is 24.4 Å². The number of carbonyl (C=O) groups is 1. The first-order valence-corrected chi connectivity index (χ1v) is 7.71. The van der Waals surface area contributed by atoms with Crippen LogP contribution in [0, 0.1) is 0 Å². The minimum Gasteiger partial charge on any atom is -0.394 e. The molecule has 0 fully saturated rings. The molecule has 10 heteroatoms. The van der Waals surface area contributed by atoms with E-state index in [0.29, 0.717) is 0 Å². The van der Waals surface area contributed by atoms with Gasteiger partial charge < -0.3 is 25.5 Å². The molecule has 1 amide bonds. The summed E-state index contributed by atoms with van der Waals surface area (Å²) in [5, 5.41) is 52.7. The van der Waals surface area contributed by atoms with Gasteiger partial charge in [0.15, 0.2) is 0 Å². The number of hydrogen-bond acceptors (Lipinski definition) is 9. The van der Waals surface area contributed by atoms with Gasteiger partial charge in [0, 0.05) is 0 Å². The second kappa shape index (κ2) is 9.17. The van der Waals surface area contributed by atoms with Crippen molar-refractivity contribution in [2.75, 3.05) is 6.61 Å². The molecular weight excluding hydrogens is 344 g/mol. The van der Waals surface area contributed by atoms with Crippen LogP contribution < -0.4 is 10.7 Å². The van der Waals surface area contributed by atoms with Crippen molar-refractivity contribution in [1.82, 2.24) is 10.7 Å². The van der Waals surface area contributed by atoms with E-state index in [9.17, 15) is 25.2 Å². The second-order valence-corrected chi connectivity index (χ2v) is 5.47. The smallest absolute Gasteiger partial charge is 0.276 e. The van der Waals surface area contributed by atoms with Crippen molar-refractivity contribution >= 4 is 24.2 Å². The molecule has 0 bridgehead atoms. The number of aliphatic hydroxyl groups excluding tert-OH is 5. The summed E-state index contributed by atoms with van der Waals surface area (Å²) in [4.78, 5) is 15.8. The normalized spacial score (nSPS) is 20.6. The molecule has 0 saturated carbocycles. The Morgan fingerprint density at radius 3 is 2.50 bits per heavy atom. The van der Waals surface area contributed by atoms with Crippen LogP contribution in [0.1, 0.15) is 5.56 Å². The Morgan fingerprint density at radius 2 is 1.85 bits per heavy atom. The standard InChI is InChI=1S/C16H20N4O6/c21-8-12(23)14(25)13(24)11(22)7-17-20-16-18-10(15(26)19-16)6-9-4-2-1-3-5-9/h1-7,11-14,21-25H,8H2,(H2,18,19,20,26)/b10-6+,17-7+/t11-,12+,13-,14+/m0/s1. The number of nitrogens with zero attached hydrogens (tertiary/aromatic N) is 2. The average molecular weight is 364 g/mol. The van der Waals surface area contributed by atoms with Gasteiger partial charge in [-0.1, -0.05) is 30.3 Å². The van der Waals surface area contributed by atoms with E-state index < -0.39 is 36.9 Å². The number of aliphatic imine (C=N–C) groups is 1. The van der Waals surface area contributed by atoms with Crippen molar-refractivity contribution in [3.8, 4) is 0 Å². The monoisotopic (exact) mass is 364 g/mol. The number of benzene rings is 1. The zero-order valence-corrected chi connectivity index (χ0v) is 13.6. The average Bonchev–Trinajstić information content (AvgIpc) is 2.99. The van der Waals surface area contributed by atoms with Crippen molar-refractivity contribution < 1.29 is 30.3 Å². The predicted molar refractivity (Wildman–Crippen MR) is 92.7 cm³/mol. The molecule has 1 heterocycles. The lowest BCUT2D eigenvalue weighted by atomic mass is 10.0. The largest absolute Gasteiger partial charge is 0.394 e. The Bertz CT molecular complexity index is 706. The summed E-state index contributed by atoms with van der Waals surface area (Å²) in [6.45, 7) is -0.778. The van der Waals surface area contributed by atoms with Crippen molar-refractivity contribution in [3.05, 3.63) is 41.6 Å². The lowest BCUT2D eigenvalue weighted by Crippen LogP contribution is -2.46. The van der Waals surface area contributed by atoms with Crippen LogP contribution in [0.2, 0.25) is 0 Å². The quantitative estimate of drug-likeness (QED) is 0.160. The molecular formula is C16H20N4O6. The third-order valence-electron chi connectivity index (χ3n) is 3.48. The first-order valence-electron chi connectivity index (χ1n) is 7.71. The third kappa shape index (κ3) is 5.18. The highest BCUT2D eigenvalue weighted by Gasteiger charge is 2.29. The van der Waals surface area contributed by atoms with E-state index in [2.05, 4.69) is 20.8 Å². The van der Waals surface area contributed by atoms with Gasteiger partial charge in [-0.2, -0.15) is 5.10 Å². The topological polar surface area (TPSA) is 167 Å². The zero-order valence-electron chi connectivity index (χ0n) is 13.6. The molecule has 4 atom stereocenters. The molecule has 0 aliphatic carbocycles. The molecule has 0 spiro atoms. The van der Waals surface area contributed by atoms with Crippen molar-refractivity contribution in [1.29, 1.82) is 0 Å². The molecule has 7 N–H and O–H groups in total. The fraction of sp³-hybridized carbons (Fsp3) is 0.312. The summed E-state index contributed by atoms with van der Waals surface area (Å²) in [5.74, 6) is -0.417. The summed E-state index contributed by atoms with van der Waals surface area (Å²) in [5.41, 5.74) is 3.33. The number of carbonyl (C=O) groups excluding carboxylic acids is 1. The maximum atomic E-state index is 11.8. The van der Waals surface area contributed by atoms with Gasteiger partial charge in [0.05, 0.1) is 12.8 Å². The molecule has 140 valence electrons. The van der Waals surface area contributed by atoms with Crippen LogP contribution in [-0.4, -0.2) is 74.6 Å². The third-order valence-corrected chi connectivity index (χ3v) is 3.48. The Kier molecular flexibility index (Phi) is 6.95. The van der Waals surface area contributed by atoms with E-state index in [-0.39, 0.29) is 11.7 Å². The van der Waals surface area contributed by atoms with Gasteiger partial charge in [0.2, 0.25) is 5.96 Å². The number of amides is 1. The maximum absolute atomic E-state index is 11.8. The zero-order chi connectivity index (χ0) is 19.1. The molecule has 1 aliphatic heterocycles. The molecule has 26 heavy (non-hydrogen) atoms. The number of guanidine groups is 1. The van der Waals surface area contributed by atoms with Crippen LogP contribution in [0.3, 0.4) is 0 Å². The van der Waals surface area contributed by atoms with E-state index in [1.54, 1.807) is 6.08 Å². The van der Waals surface area contributed by atoms with Gasteiger partial charge in [-0.3, -0.25) is 10.1 Å². The Hall–Kier alpha value is -2.63. The summed E-state index contributed by atoms with van der Waals surface area (Å²) < 4.78 is 0. The minimum absolute atomic E-state index is 0.0195. The van der Waals surface area contributed by atoms with Gasteiger partial charge in [0.1, 0.15) is 30.1 Å². The molecule has 1 aromatic rings. The summed E-state index contributed by atoms with van der Waals surface area (Å²) in [7, 11) is 0. The Morgan fingerprint density at radius 1 is 1.15 bits per heavy atom. The fourth-order valence-corrected chi connectivity index (χ4v) is 2.03. The lowest BCUT2D eigenvalue weighted by molar-refractivity contribution is -0.115. The molecule has 10 nitrogen and oxygen atoms in total. The number of hydrazone groups is 1. The van der Waals surface area contributed by atoms with Crippen molar-refractivity contribution in [3.63, 3.8) is 0 Å². The van der Waals surface area contributed by atoms with Crippen molar-refractivity contribution in [2.24, 2.45) is 10.1 Å². The van der Waals surface area contributed by atoms with Gasteiger partial charge in [-0.15, -0.1) is 0 Å². The second-order valence-electron chi connectivity index (χ2n) is 5.47. The van der Waals surface area contributed by atoms with Gasteiger partial charge in [0.25, 0.3) is 5.91 Å². The summed E-state index contributed by atoms with van der Waals surface area (Å²) in [6.07, 6.45) is -4.33. The van der Waals surface area contributed by atoms with Crippen LogP contribution in [0.15, 0.2) is 46.1 Å². The number of nitrogens with one attached hydrogen (secondary N) is 2. The van der Waals surface area contributed by atoms with E-state index in [4.69, 9.17) is 5.11 Å². The first kappa shape index (κ1) is 19.7. The molecule has 1 aromatic carbocycles. The van der Waals surface area contributed by atoms with Crippen LogP contribution in [0.4, 0.5) is 0 Å². The van der Waals surface area contributed by atoms with Gasteiger partial charge >= 0.3 is 0 Å². The summed E-state index contributed by atoms with van der Waals surface area (Å²) >= 11 is 0. The maximum Gasteiger partial charge on any atom is 0.276 e. The highest BCUT2D eigenvalue weighted by Crippen LogP contribution is 2.11. The Balaban J connectivity index is 1.95. The van der Waals surface area contributed by atoms with Crippen LogP contribution in [0.5, 0.6) is 0 Å². The fourth-order valence-electron chi connectivity index (χ4n) is 2.03. The molecule has 0 unspecified atom stereocenters. The minimum atomic E-state index is -1.77. The van der Waals surface area contributed by atoms with E-state index in [0.717, 1.165) is 11.8 Å². The molecule has 0 aromatic heterocycles. The van der Waals surface area contributed by atoms with Gasteiger partial charge in [-0.05, 0) is 11.6 Å². The molecule has 0 saturated heterocycles. The molecule has 1 aliphatic rings. The first-order chi connectivity index (χ1) is 12.4. The van der Waals surface area contributed by atoms with Crippen LogP contribution >= 0.6 is 0 Å². The number of rotatable bonds is 7. The van der Waals surface area contributed by atoms with Gasteiger partial charge in [-0.25, -0.2) is 10.4 Å². The lowest BCUT2D eigenvalue weighted by Gasteiger charge is -2.23. The molecule has 2 rings (SSSR count). The SMILES string of the molecule is O=C1NC(N/N=C/[C@H](O)[C@H](O)[C@H](O)[C@H](O)CO)=N/C1=C/c1ccccc1. The Labute approximate surface area is 148 Å². The van der Waals surface area contributed by atoms with Crippen LogP contribution in [-0.2, 0) is 4.79 Å². The molecule has 0 radical (unpaired) electrons. The van der Waals surface area contributed by atoms with E-state index in [1.807, 2.05) is 30.3 Å². The van der Waals surface area contributed by atoms with E-state index >= 15 is 0 Å². The number of hydrogen-bond donors (Lipinski definition) is 7. The predicted octanol–water partition coefficient (Wildman–Crippen LogP) is -2.48. The summed E-state index contributed by atoms with van der Waals surface area (Å²) in [6, 6.07) is 9.10. The van der Waals surface area contributed by atoms with E-state index in [1.165, 1.54) is 0 Å². The number of aliphatic hydroxyl groups is 5. The highest BCUT2D eigenvalue weighted by atomic mass is 16.4. The van der Waals surface area contributed by atoms with Crippen LogP contribution in [0.25, 0.3) is 6.08 Å².